The Bertz CT molecular complexity index is 255. The van der Waals surface area contributed by atoms with Gasteiger partial charge in [-0.25, -0.2) is 0 Å². The molecule has 92 valence electrons. The summed E-state index contributed by atoms with van der Waals surface area (Å²) in [6.45, 7) is 5.55. The van der Waals surface area contributed by atoms with Gasteiger partial charge in [0, 0.05) is 26.7 Å². The molecule has 5 nitrogen and oxygen atoms in total. The Morgan fingerprint density at radius 3 is 3.00 bits per heavy atom. The summed E-state index contributed by atoms with van der Waals surface area (Å²) in [6.07, 6.45) is 4.08. The van der Waals surface area contributed by atoms with E-state index in [0.717, 1.165) is 45.0 Å². The zero-order valence-electron chi connectivity index (χ0n) is 10.2. The third-order valence-electron chi connectivity index (χ3n) is 2.42. The van der Waals surface area contributed by atoms with Crippen LogP contribution in [0.2, 0.25) is 0 Å². The van der Waals surface area contributed by atoms with Crippen LogP contribution in [0.15, 0.2) is 16.9 Å². The van der Waals surface area contributed by atoms with Crippen molar-refractivity contribution in [1.29, 1.82) is 0 Å². The maximum absolute atomic E-state index is 5.69. The number of allylic oxidation sites excluding steroid dienone is 1. The molecule has 1 aliphatic rings. The number of nitrogens with two attached hydrogens (primary N) is 1. The topological polar surface area (TPSA) is 62.9 Å². The molecular weight excluding hydrogens is 204 g/mol. The standard InChI is InChI=1S/C11H22N4O/c1-3-5-10(14-11(12)13-2)15-6-4-8-16-9-7-15/h5H,3-4,6-9H2,1-2H3,(H3,12,13,14)/b10-5+. The van der Waals surface area contributed by atoms with Gasteiger partial charge in [-0.3, -0.25) is 0 Å². The van der Waals surface area contributed by atoms with Crippen molar-refractivity contribution in [2.45, 2.75) is 19.8 Å². The van der Waals surface area contributed by atoms with Crippen LogP contribution in [0.4, 0.5) is 0 Å². The molecule has 0 radical (unpaired) electrons. The molecule has 0 aromatic heterocycles. The van der Waals surface area contributed by atoms with Crippen LogP contribution in [0.25, 0.3) is 0 Å². The van der Waals surface area contributed by atoms with Crippen LogP contribution in [0.3, 0.4) is 0 Å². The van der Waals surface area contributed by atoms with Crippen LogP contribution in [-0.4, -0.2) is 44.2 Å². The number of guanidine groups is 1. The van der Waals surface area contributed by atoms with E-state index < -0.39 is 0 Å². The summed E-state index contributed by atoms with van der Waals surface area (Å²) in [5.74, 6) is 1.39. The van der Waals surface area contributed by atoms with Gasteiger partial charge in [0.15, 0.2) is 5.96 Å². The number of hydrogen-bond donors (Lipinski definition) is 2. The fourth-order valence-electron chi connectivity index (χ4n) is 1.58. The Balaban J connectivity index is 2.71. The third kappa shape index (κ3) is 4.10. The number of nitrogens with one attached hydrogen (secondary N) is 1. The third-order valence-corrected chi connectivity index (χ3v) is 2.42. The Morgan fingerprint density at radius 2 is 2.31 bits per heavy atom. The first kappa shape index (κ1) is 12.8. The van der Waals surface area contributed by atoms with Crippen molar-refractivity contribution in [3.63, 3.8) is 0 Å². The fraction of sp³-hybridized carbons (Fsp3) is 0.727. The van der Waals surface area contributed by atoms with Crippen molar-refractivity contribution in [3.8, 4) is 0 Å². The average Bonchev–Trinajstić information content (AvgIpc) is 2.56. The molecule has 0 bridgehead atoms. The second-order valence-corrected chi connectivity index (χ2v) is 3.67. The van der Waals surface area contributed by atoms with Gasteiger partial charge in [-0.1, -0.05) is 6.92 Å². The normalized spacial score (nSPS) is 19.5. The van der Waals surface area contributed by atoms with Gasteiger partial charge >= 0.3 is 0 Å². The van der Waals surface area contributed by atoms with E-state index in [2.05, 4.69) is 28.2 Å². The van der Waals surface area contributed by atoms with E-state index in [9.17, 15) is 0 Å². The molecule has 0 atom stereocenters. The molecule has 1 aliphatic heterocycles. The summed E-state index contributed by atoms with van der Waals surface area (Å²) in [4.78, 5) is 6.59. The molecule has 16 heavy (non-hydrogen) atoms. The van der Waals surface area contributed by atoms with Crippen molar-refractivity contribution in [1.82, 2.24) is 10.2 Å². The minimum absolute atomic E-state index is 0.449. The quantitative estimate of drug-likeness (QED) is 0.543. The SMILES string of the molecule is CC/C=C(\N=C(\N)NC)N1CCCOCC1. The molecule has 3 N–H and O–H groups in total. The summed E-state index contributed by atoms with van der Waals surface area (Å²) in [6, 6.07) is 0. The number of rotatable bonds is 3. The van der Waals surface area contributed by atoms with Gasteiger partial charge in [0.1, 0.15) is 5.82 Å². The van der Waals surface area contributed by atoms with Gasteiger partial charge in [0.05, 0.1) is 6.61 Å². The highest BCUT2D eigenvalue weighted by molar-refractivity contribution is 5.78. The fourth-order valence-corrected chi connectivity index (χ4v) is 1.58. The molecule has 1 fully saturated rings. The van der Waals surface area contributed by atoms with Gasteiger partial charge in [0.2, 0.25) is 0 Å². The molecule has 1 heterocycles. The zero-order chi connectivity index (χ0) is 11.8. The van der Waals surface area contributed by atoms with Crippen molar-refractivity contribution in [2.24, 2.45) is 10.7 Å². The Morgan fingerprint density at radius 1 is 1.50 bits per heavy atom. The first-order chi connectivity index (χ1) is 7.77. The van der Waals surface area contributed by atoms with Crippen molar-refractivity contribution in [3.05, 3.63) is 11.9 Å². The van der Waals surface area contributed by atoms with E-state index in [4.69, 9.17) is 10.5 Å². The van der Waals surface area contributed by atoms with E-state index in [0.29, 0.717) is 5.96 Å². The largest absolute Gasteiger partial charge is 0.380 e. The van der Waals surface area contributed by atoms with E-state index in [1.807, 2.05) is 0 Å². The van der Waals surface area contributed by atoms with E-state index in [1.54, 1.807) is 7.05 Å². The smallest absolute Gasteiger partial charge is 0.194 e. The molecule has 1 rings (SSSR count). The molecule has 0 unspecified atom stereocenters. The molecule has 0 aromatic rings. The van der Waals surface area contributed by atoms with Crippen LogP contribution < -0.4 is 11.1 Å². The Labute approximate surface area is 97.4 Å². The molecule has 0 spiro atoms. The minimum atomic E-state index is 0.449. The summed E-state index contributed by atoms with van der Waals surface area (Å²) < 4.78 is 5.42. The molecule has 5 heteroatoms. The maximum atomic E-state index is 5.69. The zero-order valence-corrected chi connectivity index (χ0v) is 10.2. The first-order valence-electron chi connectivity index (χ1n) is 5.82. The highest BCUT2D eigenvalue weighted by Crippen LogP contribution is 2.10. The van der Waals surface area contributed by atoms with E-state index >= 15 is 0 Å². The molecular formula is C11H22N4O. The highest BCUT2D eigenvalue weighted by atomic mass is 16.5. The summed E-state index contributed by atoms with van der Waals surface area (Å²) in [7, 11) is 1.77. The highest BCUT2D eigenvalue weighted by Gasteiger charge is 2.11. The number of hydrogen-bond acceptors (Lipinski definition) is 3. The predicted octanol–water partition coefficient (Wildman–Crippen LogP) is 0.494. The number of aliphatic imine (C=N–C) groups is 1. The van der Waals surface area contributed by atoms with E-state index in [1.165, 1.54) is 0 Å². The first-order valence-corrected chi connectivity index (χ1v) is 5.82. The van der Waals surface area contributed by atoms with Crippen molar-refractivity contribution < 1.29 is 4.74 Å². The molecule has 0 amide bonds. The summed E-state index contributed by atoms with van der Waals surface area (Å²) in [5.41, 5.74) is 5.69. The van der Waals surface area contributed by atoms with Gasteiger partial charge in [-0.2, -0.15) is 4.99 Å². The lowest BCUT2D eigenvalue weighted by Gasteiger charge is -2.22. The lowest BCUT2D eigenvalue weighted by Crippen LogP contribution is -2.31. The maximum Gasteiger partial charge on any atom is 0.194 e. The Hall–Kier alpha value is -1.23. The van der Waals surface area contributed by atoms with Crippen molar-refractivity contribution >= 4 is 5.96 Å². The number of ether oxygens (including phenoxy) is 1. The monoisotopic (exact) mass is 226 g/mol. The molecule has 0 aromatic carbocycles. The molecule has 0 saturated carbocycles. The van der Waals surface area contributed by atoms with Crippen LogP contribution in [0.5, 0.6) is 0 Å². The second kappa shape index (κ2) is 7.11. The molecule has 0 aliphatic carbocycles. The van der Waals surface area contributed by atoms with Crippen LogP contribution in [0, 0.1) is 0 Å². The summed E-state index contributed by atoms with van der Waals surface area (Å²) in [5, 5.41) is 2.84. The lowest BCUT2D eigenvalue weighted by atomic mass is 10.3. The molecule has 1 saturated heterocycles. The minimum Gasteiger partial charge on any atom is -0.380 e. The average molecular weight is 226 g/mol. The van der Waals surface area contributed by atoms with E-state index in [-0.39, 0.29) is 0 Å². The second-order valence-electron chi connectivity index (χ2n) is 3.67. The van der Waals surface area contributed by atoms with Crippen LogP contribution in [-0.2, 0) is 4.74 Å². The predicted molar refractivity (Wildman–Crippen MR) is 66.1 cm³/mol. The Kier molecular flexibility index (Phi) is 5.71. The van der Waals surface area contributed by atoms with Crippen LogP contribution in [0.1, 0.15) is 19.8 Å². The van der Waals surface area contributed by atoms with Gasteiger partial charge in [0.25, 0.3) is 0 Å². The van der Waals surface area contributed by atoms with Crippen molar-refractivity contribution in [2.75, 3.05) is 33.4 Å². The van der Waals surface area contributed by atoms with Gasteiger partial charge < -0.3 is 20.7 Å². The van der Waals surface area contributed by atoms with Crippen LogP contribution >= 0.6 is 0 Å². The van der Waals surface area contributed by atoms with Gasteiger partial charge in [-0.05, 0) is 18.9 Å². The summed E-state index contributed by atoms with van der Waals surface area (Å²) >= 11 is 0. The lowest BCUT2D eigenvalue weighted by molar-refractivity contribution is 0.145. The number of nitrogens with zero attached hydrogens (tertiary/aromatic N) is 2. The van der Waals surface area contributed by atoms with Gasteiger partial charge in [-0.15, -0.1) is 0 Å².